The van der Waals surface area contributed by atoms with Gasteiger partial charge in [0.1, 0.15) is 5.69 Å². The van der Waals surface area contributed by atoms with Crippen LogP contribution in [0.3, 0.4) is 0 Å². The number of hydrogen-bond donors (Lipinski definition) is 0. The second-order valence-electron chi connectivity index (χ2n) is 6.60. The molecule has 1 aliphatic rings. The predicted octanol–water partition coefficient (Wildman–Crippen LogP) is 2.93. The molecule has 0 fully saturated rings. The molecule has 0 atom stereocenters. The molecule has 0 amide bonds. The monoisotopic (exact) mass is 342 g/mol. The van der Waals surface area contributed by atoms with Crippen molar-refractivity contribution < 1.29 is 9.72 Å². The zero-order chi connectivity index (χ0) is 18.0. The van der Waals surface area contributed by atoms with Crippen molar-refractivity contribution in [2.24, 2.45) is 0 Å². The molecule has 2 aromatic rings. The lowest BCUT2D eigenvalue weighted by Crippen LogP contribution is -2.18. The van der Waals surface area contributed by atoms with Gasteiger partial charge >= 0.3 is 0 Å². The summed E-state index contributed by atoms with van der Waals surface area (Å²) in [5.74, 6) is 0.0354. The molecule has 1 aromatic heterocycles. The minimum Gasteiger partial charge on any atom is -0.309 e. The zero-order valence-corrected chi connectivity index (χ0v) is 14.6. The number of carbonyl (C=O) groups excluding carboxylic acids is 1. The normalized spacial score (nSPS) is 14.0. The molecule has 7 nitrogen and oxygen atoms in total. The largest absolute Gasteiger partial charge is 0.309 e. The summed E-state index contributed by atoms with van der Waals surface area (Å²) in [5, 5.41) is 16.0. The molecule has 0 saturated heterocycles. The van der Waals surface area contributed by atoms with Crippen LogP contribution in [0, 0.1) is 10.1 Å². The summed E-state index contributed by atoms with van der Waals surface area (Å²) in [6.07, 6.45) is 2.98. The highest BCUT2D eigenvalue weighted by atomic mass is 16.6. The van der Waals surface area contributed by atoms with Gasteiger partial charge in [-0.3, -0.25) is 19.6 Å². The van der Waals surface area contributed by atoms with Crippen LogP contribution in [0.15, 0.2) is 24.3 Å². The third-order valence-corrected chi connectivity index (χ3v) is 4.49. The number of carbonyl (C=O) groups is 1. The summed E-state index contributed by atoms with van der Waals surface area (Å²) in [4.78, 5) is 25.6. The number of aromatic nitrogens is 2. The molecule has 0 unspecified atom stereocenters. The fourth-order valence-electron chi connectivity index (χ4n) is 3.33. The van der Waals surface area contributed by atoms with Crippen molar-refractivity contribution in [3.8, 4) is 11.3 Å². The van der Waals surface area contributed by atoms with Gasteiger partial charge in [-0.1, -0.05) is 12.1 Å². The number of benzene rings is 1. The van der Waals surface area contributed by atoms with Crippen molar-refractivity contribution in [2.45, 2.75) is 32.2 Å². The molecule has 0 radical (unpaired) electrons. The Morgan fingerprint density at radius 3 is 2.76 bits per heavy atom. The minimum atomic E-state index is -0.417. The minimum absolute atomic E-state index is 0.0124. The van der Waals surface area contributed by atoms with Gasteiger partial charge in [0.05, 0.1) is 16.1 Å². The fraction of sp³-hybridized carbons (Fsp3) is 0.444. The lowest BCUT2D eigenvalue weighted by molar-refractivity contribution is -0.384. The molecular weight excluding hydrogens is 320 g/mol. The average Bonchev–Trinajstić information content (AvgIpc) is 2.95. The van der Waals surface area contributed by atoms with Gasteiger partial charge in [0.25, 0.3) is 5.69 Å². The topological polar surface area (TPSA) is 81.3 Å². The Hall–Kier alpha value is -2.54. The highest BCUT2D eigenvalue weighted by Crippen LogP contribution is 2.35. The molecule has 0 spiro atoms. The van der Waals surface area contributed by atoms with E-state index >= 15 is 0 Å². The standard InChI is InChI=1S/C18H22N4O3/c1-20(2)11-6-12-21-15-9-5-10-16(23)17(15)18(19-21)13-7-3-4-8-14(13)22(24)25/h3-4,7-8H,5-6,9-12H2,1-2H3. The Morgan fingerprint density at radius 2 is 2.04 bits per heavy atom. The van der Waals surface area contributed by atoms with Gasteiger partial charge in [-0.2, -0.15) is 5.10 Å². The lowest BCUT2D eigenvalue weighted by Gasteiger charge is -2.14. The molecule has 0 N–H and O–H groups in total. The second-order valence-corrected chi connectivity index (χ2v) is 6.60. The summed E-state index contributed by atoms with van der Waals surface area (Å²) in [5.41, 5.74) is 2.36. The Labute approximate surface area is 146 Å². The number of hydrogen-bond acceptors (Lipinski definition) is 5. The molecule has 1 aliphatic carbocycles. The van der Waals surface area contributed by atoms with E-state index in [2.05, 4.69) is 10.00 Å². The highest BCUT2D eigenvalue weighted by Gasteiger charge is 2.30. The molecule has 7 heteroatoms. The van der Waals surface area contributed by atoms with Crippen molar-refractivity contribution >= 4 is 11.5 Å². The van der Waals surface area contributed by atoms with E-state index in [1.54, 1.807) is 18.2 Å². The van der Waals surface area contributed by atoms with E-state index in [4.69, 9.17) is 0 Å². The SMILES string of the molecule is CN(C)CCCn1nc(-c2ccccc2[N+](=O)[O-])c2c1CCCC2=O. The van der Waals surface area contributed by atoms with Gasteiger partial charge in [-0.25, -0.2) is 0 Å². The maximum absolute atomic E-state index is 12.5. The van der Waals surface area contributed by atoms with Gasteiger partial charge in [-0.05, 0) is 46.0 Å². The number of fused-ring (bicyclic) bond motifs is 1. The summed E-state index contributed by atoms with van der Waals surface area (Å²) < 4.78 is 1.88. The van der Waals surface area contributed by atoms with Crippen LogP contribution in [0.4, 0.5) is 5.69 Å². The van der Waals surface area contributed by atoms with Crippen LogP contribution < -0.4 is 0 Å². The number of nitro groups is 1. The molecule has 1 aromatic carbocycles. The van der Waals surface area contributed by atoms with Crippen molar-refractivity contribution in [3.63, 3.8) is 0 Å². The highest BCUT2D eigenvalue weighted by molar-refractivity contribution is 6.04. The van der Waals surface area contributed by atoms with Crippen molar-refractivity contribution in [3.05, 3.63) is 45.6 Å². The third kappa shape index (κ3) is 3.46. The van der Waals surface area contributed by atoms with Gasteiger partial charge in [0, 0.05) is 24.7 Å². The van der Waals surface area contributed by atoms with E-state index < -0.39 is 4.92 Å². The van der Waals surface area contributed by atoms with E-state index in [0.717, 1.165) is 31.5 Å². The number of aryl methyl sites for hydroxylation is 1. The Morgan fingerprint density at radius 1 is 1.28 bits per heavy atom. The van der Waals surface area contributed by atoms with Crippen molar-refractivity contribution in [1.29, 1.82) is 0 Å². The smallest absolute Gasteiger partial charge is 0.278 e. The summed E-state index contributed by atoms with van der Waals surface area (Å²) in [6.45, 7) is 1.62. The van der Waals surface area contributed by atoms with E-state index in [9.17, 15) is 14.9 Å². The molecule has 25 heavy (non-hydrogen) atoms. The molecule has 3 rings (SSSR count). The maximum atomic E-state index is 12.5. The molecule has 0 bridgehead atoms. The number of nitro benzene ring substituents is 1. The fourth-order valence-corrected chi connectivity index (χ4v) is 3.33. The molecule has 1 heterocycles. The average molecular weight is 342 g/mol. The van der Waals surface area contributed by atoms with Crippen LogP contribution in [0.25, 0.3) is 11.3 Å². The van der Waals surface area contributed by atoms with Crippen LogP contribution in [0.5, 0.6) is 0 Å². The van der Waals surface area contributed by atoms with E-state index in [1.807, 2.05) is 18.8 Å². The van der Waals surface area contributed by atoms with Gasteiger partial charge in [0.2, 0.25) is 0 Å². The van der Waals surface area contributed by atoms with Crippen molar-refractivity contribution in [1.82, 2.24) is 14.7 Å². The Kier molecular flexibility index (Phi) is 4.94. The van der Waals surface area contributed by atoms with Crippen molar-refractivity contribution in [2.75, 3.05) is 20.6 Å². The summed E-state index contributed by atoms with van der Waals surface area (Å²) in [7, 11) is 4.03. The first kappa shape index (κ1) is 17.3. The quantitative estimate of drug-likeness (QED) is 0.595. The van der Waals surface area contributed by atoms with Crippen LogP contribution in [0.2, 0.25) is 0 Å². The van der Waals surface area contributed by atoms with E-state index in [-0.39, 0.29) is 11.5 Å². The molecule has 0 saturated carbocycles. The molecule has 0 aliphatic heterocycles. The summed E-state index contributed by atoms with van der Waals surface area (Å²) in [6, 6.07) is 6.50. The molecular formula is C18H22N4O3. The zero-order valence-electron chi connectivity index (χ0n) is 14.6. The third-order valence-electron chi connectivity index (χ3n) is 4.49. The number of ketones is 1. The predicted molar refractivity (Wildman–Crippen MR) is 94.8 cm³/mol. The van der Waals surface area contributed by atoms with Gasteiger partial charge in [0.15, 0.2) is 5.78 Å². The Bertz CT molecular complexity index is 811. The van der Waals surface area contributed by atoms with Gasteiger partial charge < -0.3 is 4.90 Å². The summed E-state index contributed by atoms with van der Waals surface area (Å²) >= 11 is 0. The Balaban J connectivity index is 2.07. The first-order valence-corrected chi connectivity index (χ1v) is 8.50. The maximum Gasteiger partial charge on any atom is 0.278 e. The first-order chi connectivity index (χ1) is 12.0. The first-order valence-electron chi connectivity index (χ1n) is 8.50. The number of rotatable bonds is 6. The van der Waals surface area contributed by atoms with Gasteiger partial charge in [-0.15, -0.1) is 0 Å². The molecule has 132 valence electrons. The second kappa shape index (κ2) is 7.14. The van der Waals surface area contributed by atoms with E-state index in [1.165, 1.54) is 6.07 Å². The van der Waals surface area contributed by atoms with Crippen LogP contribution in [-0.4, -0.2) is 46.0 Å². The van der Waals surface area contributed by atoms with E-state index in [0.29, 0.717) is 29.8 Å². The number of para-hydroxylation sites is 1. The van der Waals surface area contributed by atoms with Crippen LogP contribution in [-0.2, 0) is 13.0 Å². The number of nitrogens with zero attached hydrogens (tertiary/aromatic N) is 4. The van der Waals surface area contributed by atoms with Crippen LogP contribution >= 0.6 is 0 Å². The van der Waals surface area contributed by atoms with Crippen LogP contribution in [0.1, 0.15) is 35.3 Å². The lowest BCUT2D eigenvalue weighted by atomic mass is 9.92. The number of Topliss-reactive ketones (excluding diaryl/α,β-unsaturated/α-hetero) is 1.